The predicted molar refractivity (Wildman–Crippen MR) is 45.8 cm³/mol. The zero-order chi connectivity index (χ0) is 9.84. The Morgan fingerprint density at radius 3 is 2.31 bits per heavy atom. The molecule has 0 aliphatic rings. The summed E-state index contributed by atoms with van der Waals surface area (Å²) in [7, 11) is 0. The highest BCUT2D eigenvalue weighted by molar-refractivity contribution is 5.73. The van der Waals surface area contributed by atoms with Crippen molar-refractivity contribution in [2.75, 3.05) is 5.01 Å². The van der Waals surface area contributed by atoms with Gasteiger partial charge in [-0.1, -0.05) is 0 Å². The summed E-state index contributed by atoms with van der Waals surface area (Å²) in [6, 6.07) is 5.34. The van der Waals surface area contributed by atoms with Gasteiger partial charge in [-0.15, -0.1) is 0 Å². The van der Waals surface area contributed by atoms with Crippen LogP contribution in [-0.2, 0) is 4.79 Å². The maximum Gasteiger partial charge on any atom is 0.269 e. The van der Waals surface area contributed by atoms with E-state index in [2.05, 4.69) is 0 Å². The number of nitrogens with zero attached hydrogens (tertiary/aromatic N) is 2. The summed E-state index contributed by atoms with van der Waals surface area (Å²) in [5, 5.41) is 11.1. The third-order valence-electron chi connectivity index (χ3n) is 1.47. The van der Waals surface area contributed by atoms with Crippen molar-refractivity contribution in [3.8, 4) is 0 Å². The monoisotopic (exact) mass is 181 g/mol. The zero-order valence-electron chi connectivity index (χ0n) is 6.58. The number of carbonyl (C=O) groups is 1. The van der Waals surface area contributed by atoms with Gasteiger partial charge in [0.05, 0.1) is 10.6 Å². The lowest BCUT2D eigenvalue weighted by atomic mass is 10.3. The normalized spacial score (nSPS) is 9.31. The molecule has 0 saturated heterocycles. The molecule has 0 radical (unpaired) electrons. The summed E-state index contributed by atoms with van der Waals surface area (Å²) in [5.74, 6) is 5.22. The molecule has 0 heterocycles. The van der Waals surface area contributed by atoms with Crippen molar-refractivity contribution in [3.63, 3.8) is 0 Å². The van der Waals surface area contributed by atoms with E-state index >= 15 is 0 Å². The molecule has 13 heavy (non-hydrogen) atoms. The molecule has 0 aromatic heterocycles. The number of carbonyl (C=O) groups excluding carboxylic acids is 1. The predicted octanol–water partition coefficient (Wildman–Crippen LogP) is 0.431. The second-order valence-electron chi connectivity index (χ2n) is 2.29. The lowest BCUT2D eigenvalue weighted by Gasteiger charge is -2.08. The number of hydrogen-bond donors (Lipinski definition) is 1. The van der Waals surface area contributed by atoms with Crippen LogP contribution in [0.5, 0.6) is 0 Å². The van der Waals surface area contributed by atoms with E-state index < -0.39 is 4.92 Å². The summed E-state index contributed by atoms with van der Waals surface area (Å²) >= 11 is 0. The van der Waals surface area contributed by atoms with E-state index in [1.165, 1.54) is 24.3 Å². The molecule has 0 spiro atoms. The van der Waals surface area contributed by atoms with Crippen LogP contribution in [-0.4, -0.2) is 11.3 Å². The number of rotatable bonds is 3. The van der Waals surface area contributed by atoms with Crippen molar-refractivity contribution in [1.29, 1.82) is 0 Å². The van der Waals surface area contributed by atoms with Crippen LogP contribution in [0.25, 0.3) is 0 Å². The maximum atomic E-state index is 10.2. The van der Waals surface area contributed by atoms with Crippen LogP contribution >= 0.6 is 0 Å². The number of anilines is 1. The fourth-order valence-electron chi connectivity index (χ4n) is 0.807. The highest BCUT2D eigenvalue weighted by atomic mass is 16.6. The van der Waals surface area contributed by atoms with Gasteiger partial charge in [0.25, 0.3) is 5.69 Å². The van der Waals surface area contributed by atoms with E-state index in [4.69, 9.17) is 5.84 Å². The Kier molecular flexibility index (Phi) is 2.56. The minimum absolute atomic E-state index is 0.0388. The highest BCUT2D eigenvalue weighted by Gasteiger charge is 2.05. The molecule has 68 valence electrons. The molecule has 1 aromatic rings. The first-order valence-corrected chi connectivity index (χ1v) is 3.39. The molecule has 0 unspecified atom stereocenters. The molecule has 2 N–H and O–H groups in total. The number of nitro benzene ring substituents is 1. The number of nitrogens with two attached hydrogens (primary N) is 1. The van der Waals surface area contributed by atoms with Crippen molar-refractivity contribution >= 4 is 17.8 Å². The zero-order valence-corrected chi connectivity index (χ0v) is 6.58. The van der Waals surface area contributed by atoms with Gasteiger partial charge in [0.1, 0.15) is 0 Å². The molecule has 1 amide bonds. The Balaban J connectivity index is 2.93. The van der Waals surface area contributed by atoms with Crippen LogP contribution in [0.15, 0.2) is 24.3 Å². The minimum atomic E-state index is -0.522. The van der Waals surface area contributed by atoms with Gasteiger partial charge in [0.2, 0.25) is 6.41 Å². The van der Waals surface area contributed by atoms with E-state index in [1.807, 2.05) is 0 Å². The average molecular weight is 181 g/mol. The quantitative estimate of drug-likeness (QED) is 0.241. The molecule has 1 rings (SSSR count). The van der Waals surface area contributed by atoms with Crippen LogP contribution < -0.4 is 10.9 Å². The lowest BCUT2D eigenvalue weighted by molar-refractivity contribution is -0.384. The molecular weight excluding hydrogens is 174 g/mol. The molecule has 0 aliphatic carbocycles. The summed E-state index contributed by atoms with van der Waals surface area (Å²) in [5.41, 5.74) is 0.364. The summed E-state index contributed by atoms with van der Waals surface area (Å²) in [6.45, 7) is 0. The first kappa shape index (κ1) is 9.14. The van der Waals surface area contributed by atoms with Gasteiger partial charge >= 0.3 is 0 Å². The molecule has 0 aliphatic heterocycles. The molecule has 6 nitrogen and oxygen atoms in total. The SMILES string of the molecule is NN(C=O)c1ccc([N+](=O)[O-])cc1. The number of hydrogen-bond acceptors (Lipinski definition) is 4. The van der Waals surface area contributed by atoms with Crippen LogP contribution in [0.3, 0.4) is 0 Å². The van der Waals surface area contributed by atoms with Gasteiger partial charge < -0.3 is 0 Å². The van der Waals surface area contributed by atoms with Crippen molar-refractivity contribution in [3.05, 3.63) is 34.4 Å². The molecule has 0 bridgehead atoms. The van der Waals surface area contributed by atoms with Crippen molar-refractivity contribution in [2.24, 2.45) is 5.84 Å². The molecule has 0 fully saturated rings. The fraction of sp³-hybridized carbons (Fsp3) is 0. The number of hydrazine groups is 1. The first-order valence-electron chi connectivity index (χ1n) is 3.39. The van der Waals surface area contributed by atoms with Gasteiger partial charge in [0, 0.05) is 12.1 Å². The first-order chi connectivity index (χ1) is 6.15. The molecule has 0 saturated carbocycles. The van der Waals surface area contributed by atoms with E-state index in [0.29, 0.717) is 12.1 Å². The van der Waals surface area contributed by atoms with Gasteiger partial charge in [0.15, 0.2) is 0 Å². The van der Waals surface area contributed by atoms with E-state index in [9.17, 15) is 14.9 Å². The second-order valence-corrected chi connectivity index (χ2v) is 2.29. The van der Waals surface area contributed by atoms with Crippen molar-refractivity contribution in [1.82, 2.24) is 0 Å². The second kappa shape index (κ2) is 3.63. The smallest absolute Gasteiger partial charge is 0.269 e. The number of benzene rings is 1. The van der Waals surface area contributed by atoms with Gasteiger partial charge in [-0.05, 0) is 12.1 Å². The Hall–Kier alpha value is -1.95. The third-order valence-corrected chi connectivity index (χ3v) is 1.47. The maximum absolute atomic E-state index is 10.2. The van der Waals surface area contributed by atoms with Crippen molar-refractivity contribution < 1.29 is 9.72 Å². The number of amides is 1. The number of nitro groups is 1. The molecule has 6 heteroatoms. The Bertz CT molecular complexity index is 322. The van der Waals surface area contributed by atoms with Crippen LogP contribution in [0.1, 0.15) is 0 Å². The van der Waals surface area contributed by atoms with Gasteiger partial charge in [-0.3, -0.25) is 19.9 Å². The topological polar surface area (TPSA) is 89.5 Å². The Morgan fingerprint density at radius 1 is 1.38 bits per heavy atom. The van der Waals surface area contributed by atoms with E-state index in [-0.39, 0.29) is 5.69 Å². The summed E-state index contributed by atoms with van der Waals surface area (Å²) in [4.78, 5) is 19.9. The van der Waals surface area contributed by atoms with Crippen LogP contribution in [0, 0.1) is 10.1 Å². The average Bonchev–Trinajstić information content (AvgIpc) is 2.17. The van der Waals surface area contributed by atoms with Crippen molar-refractivity contribution in [2.45, 2.75) is 0 Å². The largest absolute Gasteiger partial charge is 0.277 e. The highest BCUT2D eigenvalue weighted by Crippen LogP contribution is 2.16. The molecule has 0 atom stereocenters. The molecular formula is C7H7N3O3. The van der Waals surface area contributed by atoms with E-state index in [0.717, 1.165) is 5.01 Å². The number of non-ortho nitro benzene ring substituents is 1. The Morgan fingerprint density at radius 2 is 1.92 bits per heavy atom. The lowest BCUT2D eigenvalue weighted by Crippen LogP contribution is -2.28. The minimum Gasteiger partial charge on any atom is -0.277 e. The standard InChI is InChI=1S/C7H7N3O3/c8-9(5-11)6-1-3-7(4-2-6)10(12)13/h1-5H,8H2. The van der Waals surface area contributed by atoms with E-state index in [1.54, 1.807) is 0 Å². The summed E-state index contributed by atoms with van der Waals surface area (Å²) < 4.78 is 0. The van der Waals surface area contributed by atoms with Gasteiger partial charge in [-0.25, -0.2) is 5.84 Å². The Labute approximate surface area is 73.7 Å². The van der Waals surface area contributed by atoms with Crippen LogP contribution in [0.4, 0.5) is 11.4 Å². The summed E-state index contributed by atoms with van der Waals surface area (Å²) in [6.07, 6.45) is 0.418. The molecule has 1 aromatic carbocycles. The fourth-order valence-corrected chi connectivity index (χ4v) is 0.807. The third kappa shape index (κ3) is 2.00. The van der Waals surface area contributed by atoms with Gasteiger partial charge in [-0.2, -0.15) is 0 Å². The van der Waals surface area contributed by atoms with Crippen LogP contribution in [0.2, 0.25) is 0 Å².